The van der Waals surface area contributed by atoms with Gasteiger partial charge in [-0.3, -0.25) is 36.5 Å². The van der Waals surface area contributed by atoms with Crippen molar-refractivity contribution in [2.75, 3.05) is 13.1 Å². The van der Waals surface area contributed by atoms with Crippen molar-refractivity contribution in [3.8, 4) is 0 Å². The average molecular weight is 844 g/mol. The van der Waals surface area contributed by atoms with E-state index in [4.69, 9.17) is 0 Å². The zero-order chi connectivity index (χ0) is 36.8. The molecule has 0 amide bonds. The van der Waals surface area contributed by atoms with Gasteiger partial charge in [0.05, 0.1) is 0 Å². The Hall–Kier alpha value is 1.47. The Morgan fingerprint density at radius 3 is 0.733 bits per heavy atom. The number of rotatable bonds is 18. The van der Waals surface area contributed by atoms with Crippen molar-refractivity contribution in [3.05, 3.63) is 0 Å². The summed E-state index contributed by atoms with van der Waals surface area (Å²) in [6.07, 6.45) is -1.74. The van der Waals surface area contributed by atoms with Gasteiger partial charge in [0.25, 0.3) is 8.71 Å². The van der Waals surface area contributed by atoms with Crippen molar-refractivity contribution in [1.82, 2.24) is 9.80 Å². The molecule has 0 aliphatic rings. The molecule has 45 heavy (non-hydrogen) atoms. The molecular weight excluding hydrogens is 812 g/mol. The first-order valence-electron chi connectivity index (χ1n) is 11.0. The van der Waals surface area contributed by atoms with Crippen LogP contribution in [0.5, 0.6) is 0 Å². The molecule has 0 bridgehead atoms. The number of thioether (sulfide) groups is 1. The van der Waals surface area contributed by atoms with Crippen LogP contribution in [0.3, 0.4) is 0 Å². The van der Waals surface area contributed by atoms with Gasteiger partial charge in [-0.05, 0) is 12.8 Å². The maximum atomic E-state index is 13.1. The van der Waals surface area contributed by atoms with Gasteiger partial charge in [0.1, 0.15) is 0 Å². The lowest BCUT2D eigenvalue weighted by Gasteiger charge is -2.52. The van der Waals surface area contributed by atoms with E-state index in [9.17, 15) is 115 Å². The highest BCUT2D eigenvalue weighted by molar-refractivity contribution is 8.22. The predicted octanol–water partition coefficient (Wildman–Crippen LogP) is -1.65. The van der Waals surface area contributed by atoms with Gasteiger partial charge in [-0.15, -0.1) is 0 Å². The van der Waals surface area contributed by atoms with Crippen LogP contribution in [0.2, 0.25) is 0 Å². The molecule has 0 rings (SSSR count). The molecule has 272 valence electrons. The molecule has 0 aliphatic carbocycles. The number of hydrogen-bond donors (Lipinski definition) is 16. The third-order valence-corrected chi connectivity index (χ3v) is 24.5. The predicted molar refractivity (Wildman–Crippen MR) is 151 cm³/mol. The fraction of sp³-hybridized carbons (Fsp3) is 1.00. The van der Waals surface area contributed by atoms with Crippen molar-refractivity contribution < 1.29 is 115 Å². The topological polar surface area (TPSA) is 467 Å². The summed E-state index contributed by atoms with van der Waals surface area (Å²) in [5.74, 6) is 0. The second kappa shape index (κ2) is 14.6. The Morgan fingerprint density at radius 1 is 0.444 bits per heavy atom. The van der Waals surface area contributed by atoms with Crippen molar-refractivity contribution in [3.63, 3.8) is 0 Å². The molecule has 35 heteroatoms. The first-order chi connectivity index (χ1) is 19.3. The van der Waals surface area contributed by atoms with E-state index in [0.29, 0.717) is 0 Å². The van der Waals surface area contributed by atoms with E-state index in [1.807, 2.05) is 0 Å². The zero-order valence-corrected chi connectivity index (χ0v) is 30.3. The lowest BCUT2D eigenvalue weighted by Crippen LogP contribution is -2.58. The smallest absolute Gasteiger partial charge is 0.323 e. The van der Waals surface area contributed by atoms with Crippen LogP contribution in [-0.2, 0) is 36.5 Å². The van der Waals surface area contributed by atoms with Crippen LogP contribution >= 0.6 is 72.5 Å². The van der Waals surface area contributed by atoms with E-state index in [1.54, 1.807) is 0 Å². The molecule has 0 radical (unpaired) electrons. The van der Waals surface area contributed by atoms with E-state index in [-0.39, 0.29) is 0 Å². The summed E-state index contributed by atoms with van der Waals surface area (Å²) in [4.78, 5) is 159. The van der Waals surface area contributed by atoms with Crippen LogP contribution in [0.1, 0.15) is 26.7 Å². The fourth-order valence-corrected chi connectivity index (χ4v) is 21.0. The normalized spacial score (nSPS) is 16.0. The van der Waals surface area contributed by atoms with Gasteiger partial charge in [0.2, 0.25) is 11.0 Å². The standard InChI is InChI=1S/C10H32N2O24P8S/c1-3-5-11(7(37(13,14)15)38(16,17)18)9(41(25,26)27,42(28,29)30)45-10(43(31,32)33,44(34,35)36)12(6-4-2)8(39(19,20)21)40(22,23)24/h7-8H,3-6H2,1-2H3,(H2,13,14,15)(H2,16,17,18)(H2,19,20,21)(H2,22,23,24)(H2,25,26,27)(H2,28,29,30)(H2,31,32,33)(H2,34,35,36). The Morgan fingerprint density at radius 2 is 0.622 bits per heavy atom. The van der Waals surface area contributed by atoms with Crippen LogP contribution in [0, 0.1) is 0 Å². The third-order valence-electron chi connectivity index (χ3n) is 5.23. The van der Waals surface area contributed by atoms with Gasteiger partial charge >= 0.3 is 60.8 Å². The minimum Gasteiger partial charge on any atom is -0.323 e. The van der Waals surface area contributed by atoms with Gasteiger partial charge < -0.3 is 78.3 Å². The van der Waals surface area contributed by atoms with E-state index >= 15 is 0 Å². The minimum atomic E-state index is -7.38. The molecule has 0 aromatic heterocycles. The lowest BCUT2D eigenvalue weighted by atomic mass is 10.5. The zero-order valence-electron chi connectivity index (χ0n) is 22.3. The van der Waals surface area contributed by atoms with Crippen LogP contribution in [-0.4, -0.2) is 121 Å². The summed E-state index contributed by atoms with van der Waals surface area (Å²) < 4.78 is 90.7. The Labute approximate surface area is 256 Å². The summed E-state index contributed by atoms with van der Waals surface area (Å²) in [5, 5.41) is 0. The number of nitrogens with zero attached hydrogens (tertiary/aromatic N) is 2. The molecule has 0 fully saturated rings. The van der Waals surface area contributed by atoms with Gasteiger partial charge in [-0.1, -0.05) is 25.6 Å². The molecule has 26 nitrogen and oxygen atoms in total. The number of hydrogen-bond acceptors (Lipinski definition) is 11. The SMILES string of the molecule is CCCN(C(P(=O)(O)O)P(=O)(O)O)C(SC(N(CCC)C(P(=O)(O)O)P(=O)(O)O)(P(=O)(O)O)P(=O)(O)O)(P(=O)(O)O)P(=O)(O)O. The molecule has 0 saturated carbocycles. The van der Waals surface area contributed by atoms with Crippen LogP contribution in [0.25, 0.3) is 0 Å². The molecular formula is C10H32N2O24P8S. The maximum Gasteiger partial charge on any atom is 0.368 e. The second-order valence-electron chi connectivity index (χ2n) is 8.86. The monoisotopic (exact) mass is 844 g/mol. The maximum absolute atomic E-state index is 13.1. The summed E-state index contributed by atoms with van der Waals surface area (Å²) in [6.45, 7) is -1.65. The van der Waals surface area contributed by atoms with Gasteiger partial charge in [0, 0.05) is 13.1 Å². The molecule has 0 aliphatic heterocycles. The summed E-state index contributed by atoms with van der Waals surface area (Å²) in [5.41, 5.74) is -8.16. The van der Waals surface area contributed by atoms with E-state index in [0.717, 1.165) is 13.8 Å². The van der Waals surface area contributed by atoms with Gasteiger partial charge in [-0.25, -0.2) is 9.80 Å². The molecule has 0 saturated heterocycles. The van der Waals surface area contributed by atoms with Crippen LogP contribution < -0.4 is 0 Å². The first kappa shape index (κ1) is 46.5. The lowest BCUT2D eigenvalue weighted by molar-refractivity contribution is 0.175. The van der Waals surface area contributed by atoms with Crippen LogP contribution in [0.15, 0.2) is 0 Å². The first-order valence-corrected chi connectivity index (χ1v) is 25.0. The Balaban J connectivity index is 9.24. The quantitative estimate of drug-likeness (QED) is 0.0543. The molecule has 16 N–H and O–H groups in total. The second-order valence-corrected chi connectivity index (χ2v) is 26.6. The fourth-order valence-electron chi connectivity index (χ4n) is 3.97. The van der Waals surface area contributed by atoms with E-state index < -0.39 is 128 Å². The minimum absolute atomic E-state index is 0.871. The van der Waals surface area contributed by atoms with E-state index in [1.165, 1.54) is 0 Å². The average Bonchev–Trinajstić information content (AvgIpc) is 2.66. The largest absolute Gasteiger partial charge is 0.368 e. The van der Waals surface area contributed by atoms with Crippen molar-refractivity contribution >= 4 is 72.5 Å². The van der Waals surface area contributed by atoms with Gasteiger partial charge in [-0.2, -0.15) is 0 Å². The molecule has 0 spiro atoms. The molecule has 0 atom stereocenters. The summed E-state index contributed by atoms with van der Waals surface area (Å²) in [7, 11) is -56.1. The van der Waals surface area contributed by atoms with Crippen molar-refractivity contribution in [2.24, 2.45) is 0 Å². The highest BCUT2D eigenvalue weighted by Gasteiger charge is 2.80. The molecule has 0 aromatic rings. The van der Waals surface area contributed by atoms with Crippen molar-refractivity contribution in [1.29, 1.82) is 0 Å². The third kappa shape index (κ3) is 9.83. The highest BCUT2D eigenvalue weighted by atomic mass is 32.2. The summed E-state index contributed by atoms with van der Waals surface area (Å²) in [6, 6.07) is 0. The Bertz CT molecular complexity index is 1260. The molecule has 0 aromatic carbocycles. The molecule has 0 heterocycles. The van der Waals surface area contributed by atoms with Crippen LogP contribution in [0.4, 0.5) is 0 Å². The van der Waals surface area contributed by atoms with Gasteiger partial charge in [0.15, 0.2) is 0 Å². The highest BCUT2D eigenvalue weighted by Crippen LogP contribution is 2.88. The van der Waals surface area contributed by atoms with E-state index in [2.05, 4.69) is 0 Å². The summed E-state index contributed by atoms with van der Waals surface area (Å²) >= 11 is -2.04. The van der Waals surface area contributed by atoms with Crippen molar-refractivity contribution in [2.45, 2.75) is 46.4 Å². The molecule has 0 unspecified atom stereocenters. The Kier molecular flexibility index (Phi) is 15.1.